The summed E-state index contributed by atoms with van der Waals surface area (Å²) in [6.45, 7) is 2.45. The standard InChI is InChI=1S/C14H17FN2O/c1-2-12-7-8-14(18-12)13(9-16)17-11-5-3-10(15)4-6-11/h3-8,13,17H,2,9,16H2,1H3. The molecule has 0 saturated heterocycles. The number of anilines is 1. The zero-order valence-electron chi connectivity index (χ0n) is 10.3. The molecule has 0 aliphatic rings. The Bertz CT molecular complexity index is 493. The zero-order chi connectivity index (χ0) is 13.0. The van der Waals surface area contributed by atoms with Gasteiger partial charge in [0.2, 0.25) is 0 Å². The van der Waals surface area contributed by atoms with E-state index in [1.807, 2.05) is 19.1 Å². The maximum absolute atomic E-state index is 12.8. The molecule has 3 N–H and O–H groups in total. The minimum absolute atomic E-state index is 0.101. The van der Waals surface area contributed by atoms with Crippen molar-refractivity contribution in [1.82, 2.24) is 0 Å². The van der Waals surface area contributed by atoms with Crippen molar-refractivity contribution in [3.63, 3.8) is 0 Å². The van der Waals surface area contributed by atoms with E-state index in [1.54, 1.807) is 12.1 Å². The van der Waals surface area contributed by atoms with Crippen molar-refractivity contribution in [3.05, 3.63) is 53.7 Å². The monoisotopic (exact) mass is 248 g/mol. The van der Waals surface area contributed by atoms with Crippen LogP contribution < -0.4 is 11.1 Å². The van der Waals surface area contributed by atoms with Crippen molar-refractivity contribution in [2.45, 2.75) is 19.4 Å². The third-order valence-electron chi connectivity index (χ3n) is 2.80. The van der Waals surface area contributed by atoms with Crippen molar-refractivity contribution < 1.29 is 8.81 Å². The Morgan fingerprint density at radius 2 is 1.94 bits per heavy atom. The molecule has 3 nitrogen and oxygen atoms in total. The molecule has 4 heteroatoms. The summed E-state index contributed by atoms with van der Waals surface area (Å²) in [6.07, 6.45) is 0.855. The molecule has 96 valence electrons. The lowest BCUT2D eigenvalue weighted by atomic mass is 10.2. The van der Waals surface area contributed by atoms with Crippen LogP contribution in [0.25, 0.3) is 0 Å². The molecule has 0 aliphatic heterocycles. The Morgan fingerprint density at radius 1 is 1.22 bits per heavy atom. The first-order valence-corrected chi connectivity index (χ1v) is 6.03. The summed E-state index contributed by atoms with van der Waals surface area (Å²) in [5, 5.41) is 3.22. The van der Waals surface area contributed by atoms with E-state index in [4.69, 9.17) is 10.2 Å². The van der Waals surface area contributed by atoms with Gasteiger partial charge in [0.15, 0.2) is 0 Å². The van der Waals surface area contributed by atoms with Gasteiger partial charge in [0.1, 0.15) is 17.3 Å². The first-order chi connectivity index (χ1) is 8.72. The molecule has 1 heterocycles. The highest BCUT2D eigenvalue weighted by Gasteiger charge is 2.13. The number of benzene rings is 1. The highest BCUT2D eigenvalue weighted by Crippen LogP contribution is 2.21. The zero-order valence-corrected chi connectivity index (χ0v) is 10.3. The van der Waals surface area contributed by atoms with Gasteiger partial charge in [0.25, 0.3) is 0 Å². The Balaban J connectivity index is 2.11. The molecule has 0 saturated carbocycles. The van der Waals surface area contributed by atoms with Crippen molar-refractivity contribution in [2.24, 2.45) is 5.73 Å². The van der Waals surface area contributed by atoms with Gasteiger partial charge in [-0.25, -0.2) is 4.39 Å². The Hall–Kier alpha value is -1.81. The number of aryl methyl sites for hydroxylation is 1. The number of halogens is 1. The van der Waals surface area contributed by atoms with Crippen molar-refractivity contribution in [2.75, 3.05) is 11.9 Å². The average molecular weight is 248 g/mol. The number of hydrogen-bond acceptors (Lipinski definition) is 3. The Labute approximate surface area is 106 Å². The van der Waals surface area contributed by atoms with Gasteiger partial charge in [-0.15, -0.1) is 0 Å². The molecule has 18 heavy (non-hydrogen) atoms. The van der Waals surface area contributed by atoms with Crippen LogP contribution in [0, 0.1) is 5.82 Å². The lowest BCUT2D eigenvalue weighted by molar-refractivity contribution is 0.448. The summed E-state index contributed by atoms with van der Waals surface area (Å²) in [5.41, 5.74) is 6.56. The molecule has 1 aromatic carbocycles. The van der Waals surface area contributed by atoms with Crippen LogP contribution in [-0.2, 0) is 6.42 Å². The minimum Gasteiger partial charge on any atom is -0.464 e. The van der Waals surface area contributed by atoms with Gasteiger partial charge in [-0.1, -0.05) is 6.92 Å². The molecule has 2 aromatic rings. The maximum Gasteiger partial charge on any atom is 0.127 e. The van der Waals surface area contributed by atoms with Crippen LogP contribution in [0.4, 0.5) is 10.1 Å². The predicted molar refractivity (Wildman–Crippen MR) is 69.9 cm³/mol. The van der Waals surface area contributed by atoms with Gasteiger partial charge in [-0.05, 0) is 36.4 Å². The van der Waals surface area contributed by atoms with Crippen LogP contribution in [0.2, 0.25) is 0 Å². The second kappa shape index (κ2) is 5.69. The largest absolute Gasteiger partial charge is 0.464 e. The quantitative estimate of drug-likeness (QED) is 0.854. The van der Waals surface area contributed by atoms with E-state index in [9.17, 15) is 4.39 Å². The third-order valence-corrected chi connectivity index (χ3v) is 2.80. The van der Waals surface area contributed by atoms with Crippen LogP contribution in [0.3, 0.4) is 0 Å². The topological polar surface area (TPSA) is 51.2 Å². The van der Waals surface area contributed by atoms with E-state index in [0.717, 1.165) is 23.6 Å². The summed E-state index contributed by atoms with van der Waals surface area (Å²) in [5.74, 6) is 1.49. The van der Waals surface area contributed by atoms with Crippen molar-refractivity contribution in [1.29, 1.82) is 0 Å². The first kappa shape index (κ1) is 12.6. The average Bonchev–Trinajstić information content (AvgIpc) is 2.87. The Morgan fingerprint density at radius 3 is 2.50 bits per heavy atom. The maximum atomic E-state index is 12.8. The van der Waals surface area contributed by atoms with E-state index in [-0.39, 0.29) is 11.9 Å². The number of nitrogens with one attached hydrogen (secondary N) is 1. The van der Waals surface area contributed by atoms with Gasteiger partial charge < -0.3 is 15.5 Å². The molecule has 0 aliphatic carbocycles. The minimum atomic E-state index is -0.254. The molecule has 2 rings (SSSR count). The van der Waals surface area contributed by atoms with Crippen LogP contribution in [0.1, 0.15) is 24.5 Å². The summed E-state index contributed by atoms with van der Waals surface area (Å²) in [7, 11) is 0. The molecule has 1 aromatic heterocycles. The molecule has 0 bridgehead atoms. The van der Waals surface area contributed by atoms with E-state index in [0.29, 0.717) is 6.54 Å². The fraction of sp³-hybridized carbons (Fsp3) is 0.286. The second-order valence-corrected chi connectivity index (χ2v) is 4.10. The van der Waals surface area contributed by atoms with Gasteiger partial charge in [0.05, 0.1) is 6.04 Å². The van der Waals surface area contributed by atoms with Crippen LogP contribution >= 0.6 is 0 Å². The summed E-state index contributed by atoms with van der Waals surface area (Å²) >= 11 is 0. The third kappa shape index (κ3) is 2.90. The number of nitrogens with two attached hydrogens (primary N) is 1. The first-order valence-electron chi connectivity index (χ1n) is 6.03. The lowest BCUT2D eigenvalue weighted by Crippen LogP contribution is -2.20. The fourth-order valence-electron chi connectivity index (χ4n) is 1.77. The van der Waals surface area contributed by atoms with Gasteiger partial charge in [-0.2, -0.15) is 0 Å². The molecular weight excluding hydrogens is 231 g/mol. The van der Waals surface area contributed by atoms with Crippen molar-refractivity contribution >= 4 is 5.69 Å². The summed E-state index contributed by atoms with van der Waals surface area (Å²) in [6, 6.07) is 9.96. The Kier molecular flexibility index (Phi) is 3.99. The highest BCUT2D eigenvalue weighted by molar-refractivity contribution is 5.44. The summed E-state index contributed by atoms with van der Waals surface area (Å²) in [4.78, 5) is 0. The van der Waals surface area contributed by atoms with Crippen LogP contribution in [0.15, 0.2) is 40.8 Å². The second-order valence-electron chi connectivity index (χ2n) is 4.10. The van der Waals surface area contributed by atoms with Gasteiger partial charge >= 0.3 is 0 Å². The fourth-order valence-corrected chi connectivity index (χ4v) is 1.77. The van der Waals surface area contributed by atoms with E-state index >= 15 is 0 Å². The molecule has 1 atom stereocenters. The highest BCUT2D eigenvalue weighted by atomic mass is 19.1. The van der Waals surface area contributed by atoms with E-state index in [2.05, 4.69) is 5.32 Å². The lowest BCUT2D eigenvalue weighted by Gasteiger charge is -2.15. The normalized spacial score (nSPS) is 12.4. The summed E-state index contributed by atoms with van der Waals surface area (Å²) < 4.78 is 18.5. The molecular formula is C14H17FN2O. The molecule has 1 unspecified atom stereocenters. The number of rotatable bonds is 5. The molecule has 0 fully saturated rings. The van der Waals surface area contributed by atoms with E-state index < -0.39 is 0 Å². The van der Waals surface area contributed by atoms with Crippen LogP contribution in [0.5, 0.6) is 0 Å². The van der Waals surface area contributed by atoms with E-state index in [1.165, 1.54) is 12.1 Å². The smallest absolute Gasteiger partial charge is 0.127 e. The molecule has 0 spiro atoms. The number of hydrogen-bond donors (Lipinski definition) is 2. The van der Waals surface area contributed by atoms with Crippen molar-refractivity contribution in [3.8, 4) is 0 Å². The van der Waals surface area contributed by atoms with Crippen LogP contribution in [-0.4, -0.2) is 6.54 Å². The molecule has 0 radical (unpaired) electrons. The predicted octanol–water partition coefficient (Wildman–Crippen LogP) is 3.09. The van der Waals surface area contributed by atoms with Gasteiger partial charge in [0, 0.05) is 18.7 Å². The number of furan rings is 1. The SMILES string of the molecule is CCc1ccc(C(CN)Nc2ccc(F)cc2)o1. The van der Waals surface area contributed by atoms with Gasteiger partial charge in [-0.3, -0.25) is 0 Å². The molecule has 0 amide bonds.